The van der Waals surface area contributed by atoms with Crippen LogP contribution in [-0.4, -0.2) is 37.9 Å². The molecule has 0 unspecified atom stereocenters. The van der Waals surface area contributed by atoms with Gasteiger partial charge >= 0.3 is 12.1 Å². The second-order valence-corrected chi connectivity index (χ2v) is 4.74. The molecule has 1 saturated carbocycles. The molecule has 0 radical (unpaired) electrons. The van der Waals surface area contributed by atoms with Gasteiger partial charge in [-0.3, -0.25) is 0 Å². The van der Waals surface area contributed by atoms with Crippen LogP contribution in [0.5, 0.6) is 0 Å². The molecule has 0 bridgehead atoms. The summed E-state index contributed by atoms with van der Waals surface area (Å²) in [7, 11) is 0. The van der Waals surface area contributed by atoms with Crippen molar-refractivity contribution < 1.29 is 14.3 Å². The molecule has 0 aromatic rings. The average Bonchev–Trinajstić information content (AvgIpc) is 2.64. The van der Waals surface area contributed by atoms with E-state index in [-0.39, 0.29) is 6.03 Å². The maximum atomic E-state index is 11.6. The lowest BCUT2D eigenvalue weighted by Gasteiger charge is -2.16. The molecule has 0 atom stereocenters. The summed E-state index contributed by atoms with van der Waals surface area (Å²) in [6, 6.07) is 0.137. The van der Waals surface area contributed by atoms with Gasteiger partial charge in [0.25, 0.3) is 0 Å². The Bertz CT molecular complexity index is 276. The fourth-order valence-corrected chi connectivity index (χ4v) is 2.18. The Morgan fingerprint density at radius 1 is 1.05 bits per heavy atom. The van der Waals surface area contributed by atoms with Crippen LogP contribution in [0, 0.1) is 0 Å². The van der Waals surface area contributed by atoms with Crippen LogP contribution in [0.3, 0.4) is 0 Å². The molecule has 1 aliphatic carbocycles. The number of rotatable bonds is 5. The number of alkyl carbamates (subject to hydrolysis) is 1. The van der Waals surface area contributed by atoms with Crippen molar-refractivity contribution in [1.82, 2.24) is 16.0 Å². The molecule has 0 aromatic heterocycles. The van der Waals surface area contributed by atoms with Crippen LogP contribution < -0.4 is 16.0 Å². The molecule has 3 amide bonds. The number of carbonyl (C=O) groups excluding carboxylic acids is 2. The van der Waals surface area contributed by atoms with Gasteiger partial charge in [0.15, 0.2) is 0 Å². The predicted octanol–water partition coefficient (Wildman–Crippen LogP) is 1.75. The molecule has 1 aliphatic rings. The summed E-state index contributed by atoms with van der Waals surface area (Å²) in [5.41, 5.74) is 0. The monoisotopic (exact) mass is 271 g/mol. The van der Waals surface area contributed by atoms with Crippen molar-refractivity contribution in [1.29, 1.82) is 0 Å². The highest BCUT2D eigenvalue weighted by Gasteiger charge is 2.14. The SMILES string of the molecule is CCOC(=O)NCCNC(=O)NC1CCCCCC1. The van der Waals surface area contributed by atoms with Gasteiger partial charge in [-0.25, -0.2) is 9.59 Å². The number of amides is 3. The van der Waals surface area contributed by atoms with Crippen molar-refractivity contribution in [3.05, 3.63) is 0 Å². The largest absolute Gasteiger partial charge is 0.450 e. The Balaban J connectivity index is 2.05. The Labute approximate surface area is 114 Å². The van der Waals surface area contributed by atoms with E-state index in [0.717, 1.165) is 12.8 Å². The first-order valence-corrected chi connectivity index (χ1v) is 7.17. The summed E-state index contributed by atoms with van der Waals surface area (Å²) >= 11 is 0. The third-order valence-corrected chi connectivity index (χ3v) is 3.15. The highest BCUT2D eigenvalue weighted by molar-refractivity contribution is 5.74. The van der Waals surface area contributed by atoms with Gasteiger partial charge in [-0.2, -0.15) is 0 Å². The summed E-state index contributed by atoms with van der Waals surface area (Å²) in [5, 5.41) is 8.25. The molecule has 1 fully saturated rings. The van der Waals surface area contributed by atoms with Gasteiger partial charge in [0.1, 0.15) is 0 Å². The molecule has 0 aliphatic heterocycles. The van der Waals surface area contributed by atoms with Gasteiger partial charge in [0.05, 0.1) is 6.61 Å². The normalized spacial score (nSPS) is 16.3. The topological polar surface area (TPSA) is 79.5 Å². The zero-order chi connectivity index (χ0) is 13.9. The van der Waals surface area contributed by atoms with E-state index in [0.29, 0.717) is 25.7 Å². The number of hydrogen-bond acceptors (Lipinski definition) is 3. The maximum absolute atomic E-state index is 11.6. The zero-order valence-corrected chi connectivity index (χ0v) is 11.7. The van der Waals surface area contributed by atoms with Crippen molar-refractivity contribution in [2.45, 2.75) is 51.5 Å². The predicted molar refractivity (Wildman–Crippen MR) is 73.0 cm³/mol. The molecular formula is C13H25N3O3. The van der Waals surface area contributed by atoms with E-state index >= 15 is 0 Å². The van der Waals surface area contributed by atoms with Crippen molar-refractivity contribution in [3.8, 4) is 0 Å². The van der Waals surface area contributed by atoms with Crippen LogP contribution in [0.2, 0.25) is 0 Å². The van der Waals surface area contributed by atoms with Crippen LogP contribution in [-0.2, 0) is 4.74 Å². The van der Waals surface area contributed by atoms with E-state index in [1.165, 1.54) is 25.7 Å². The third-order valence-electron chi connectivity index (χ3n) is 3.15. The molecule has 0 spiro atoms. The summed E-state index contributed by atoms with van der Waals surface area (Å²) < 4.78 is 4.71. The van der Waals surface area contributed by atoms with E-state index in [1.54, 1.807) is 6.92 Å². The van der Waals surface area contributed by atoms with Crippen LogP contribution in [0.4, 0.5) is 9.59 Å². The minimum absolute atomic E-state index is 0.155. The number of urea groups is 1. The van der Waals surface area contributed by atoms with Gasteiger partial charge in [-0.1, -0.05) is 25.7 Å². The molecule has 0 aromatic carbocycles. The number of nitrogens with one attached hydrogen (secondary N) is 3. The molecule has 110 valence electrons. The van der Waals surface area contributed by atoms with Gasteiger partial charge in [0.2, 0.25) is 0 Å². The molecule has 6 heteroatoms. The standard InChI is InChI=1S/C13H25N3O3/c1-2-19-13(18)15-10-9-14-12(17)16-11-7-5-3-4-6-8-11/h11H,2-10H2,1H3,(H,15,18)(H2,14,16,17). The lowest BCUT2D eigenvalue weighted by atomic mass is 10.1. The number of hydrogen-bond donors (Lipinski definition) is 3. The average molecular weight is 271 g/mol. The summed E-state index contributed by atoms with van der Waals surface area (Å²) in [5.74, 6) is 0. The van der Waals surface area contributed by atoms with Gasteiger partial charge in [-0.15, -0.1) is 0 Å². The quantitative estimate of drug-likeness (QED) is 0.526. The first kappa shape index (κ1) is 15.6. The maximum Gasteiger partial charge on any atom is 0.407 e. The fraction of sp³-hybridized carbons (Fsp3) is 0.846. The smallest absolute Gasteiger partial charge is 0.407 e. The van der Waals surface area contributed by atoms with Crippen LogP contribution >= 0.6 is 0 Å². The van der Waals surface area contributed by atoms with Gasteiger partial charge in [0, 0.05) is 19.1 Å². The van der Waals surface area contributed by atoms with Crippen molar-refractivity contribution in [3.63, 3.8) is 0 Å². The highest BCUT2D eigenvalue weighted by Crippen LogP contribution is 2.16. The first-order valence-electron chi connectivity index (χ1n) is 7.17. The molecule has 0 saturated heterocycles. The Morgan fingerprint density at radius 2 is 1.68 bits per heavy atom. The van der Waals surface area contributed by atoms with Crippen molar-refractivity contribution in [2.24, 2.45) is 0 Å². The van der Waals surface area contributed by atoms with E-state index in [2.05, 4.69) is 16.0 Å². The Morgan fingerprint density at radius 3 is 2.32 bits per heavy atom. The first-order chi connectivity index (χ1) is 9.22. The van der Waals surface area contributed by atoms with Crippen molar-refractivity contribution in [2.75, 3.05) is 19.7 Å². The second kappa shape index (κ2) is 9.47. The molecule has 1 rings (SSSR count). The Kier molecular flexibility index (Phi) is 7.77. The fourth-order valence-electron chi connectivity index (χ4n) is 2.18. The number of carbonyl (C=O) groups is 2. The molecule has 6 nitrogen and oxygen atoms in total. The molecule has 0 heterocycles. The minimum atomic E-state index is -0.450. The molecule has 19 heavy (non-hydrogen) atoms. The van der Waals surface area contributed by atoms with E-state index in [9.17, 15) is 9.59 Å². The lowest BCUT2D eigenvalue weighted by molar-refractivity contribution is 0.152. The van der Waals surface area contributed by atoms with Crippen LogP contribution in [0.25, 0.3) is 0 Å². The number of ether oxygens (including phenoxy) is 1. The molecule has 3 N–H and O–H groups in total. The van der Waals surface area contributed by atoms with Crippen LogP contribution in [0.15, 0.2) is 0 Å². The van der Waals surface area contributed by atoms with E-state index in [4.69, 9.17) is 4.74 Å². The highest BCUT2D eigenvalue weighted by atomic mass is 16.5. The third kappa shape index (κ3) is 7.54. The van der Waals surface area contributed by atoms with E-state index < -0.39 is 6.09 Å². The van der Waals surface area contributed by atoms with Gasteiger partial charge < -0.3 is 20.7 Å². The summed E-state index contributed by atoms with van der Waals surface area (Å²) in [6.07, 6.45) is 6.59. The minimum Gasteiger partial charge on any atom is -0.450 e. The molecular weight excluding hydrogens is 246 g/mol. The summed E-state index contributed by atoms with van der Waals surface area (Å²) in [6.45, 7) is 2.87. The second-order valence-electron chi connectivity index (χ2n) is 4.74. The Hall–Kier alpha value is -1.46. The van der Waals surface area contributed by atoms with E-state index in [1.807, 2.05) is 0 Å². The summed E-state index contributed by atoms with van der Waals surface area (Å²) in [4.78, 5) is 22.6. The zero-order valence-electron chi connectivity index (χ0n) is 11.7. The van der Waals surface area contributed by atoms with Gasteiger partial charge in [-0.05, 0) is 19.8 Å². The lowest BCUT2D eigenvalue weighted by Crippen LogP contribution is -2.44. The van der Waals surface area contributed by atoms with Crippen molar-refractivity contribution >= 4 is 12.1 Å². The van der Waals surface area contributed by atoms with Crippen LogP contribution in [0.1, 0.15) is 45.4 Å².